The Balaban J connectivity index is 1.10. The van der Waals surface area contributed by atoms with Gasteiger partial charge in [0.25, 0.3) is 0 Å². The molecule has 53 heavy (non-hydrogen) atoms. The van der Waals surface area contributed by atoms with E-state index < -0.39 is 47.6 Å². The molecule has 3 N–H and O–H groups in total. The molecule has 2 aromatic carbocycles. The van der Waals surface area contributed by atoms with Gasteiger partial charge in [0.05, 0.1) is 10.7 Å². The van der Waals surface area contributed by atoms with Crippen LogP contribution in [0.5, 0.6) is 0 Å². The van der Waals surface area contributed by atoms with Gasteiger partial charge in [-0.25, -0.2) is 0 Å². The molecule has 5 aliphatic rings. The molecule has 0 bridgehead atoms. The molecule has 3 heterocycles. The smallest absolute Gasteiger partial charge is 0.323 e. The number of hydroxylamine groups is 1. The van der Waals surface area contributed by atoms with Gasteiger partial charge in [-0.1, -0.05) is 61.9 Å². The van der Waals surface area contributed by atoms with Crippen molar-refractivity contribution >= 4 is 34.9 Å². The number of halogens is 1. The van der Waals surface area contributed by atoms with Crippen LogP contribution in [0.2, 0.25) is 5.02 Å². The fourth-order valence-corrected chi connectivity index (χ4v) is 10.5. The van der Waals surface area contributed by atoms with E-state index >= 15 is 0 Å². The van der Waals surface area contributed by atoms with Crippen molar-refractivity contribution in [1.82, 2.24) is 10.2 Å². The summed E-state index contributed by atoms with van der Waals surface area (Å²) in [5.41, 5.74) is 2.72. The van der Waals surface area contributed by atoms with Crippen LogP contribution in [0.25, 0.3) is 0 Å². The predicted octanol–water partition coefficient (Wildman–Crippen LogP) is 4.87. The van der Waals surface area contributed by atoms with Crippen LogP contribution in [-0.4, -0.2) is 96.9 Å². The fourth-order valence-electron chi connectivity index (χ4n) is 10.2. The molecule has 1 saturated carbocycles. The van der Waals surface area contributed by atoms with E-state index in [0.29, 0.717) is 16.3 Å². The van der Waals surface area contributed by atoms with Crippen LogP contribution in [0, 0.1) is 37.5 Å². The van der Waals surface area contributed by atoms with Gasteiger partial charge in [-0.15, -0.1) is 0 Å². The summed E-state index contributed by atoms with van der Waals surface area (Å²) in [5.74, 6) is -1.39. The van der Waals surface area contributed by atoms with Gasteiger partial charge < -0.3 is 24.6 Å². The second kappa shape index (κ2) is 14.5. The Labute approximate surface area is 318 Å². The lowest BCUT2D eigenvalue weighted by atomic mass is 9.55. The van der Waals surface area contributed by atoms with Gasteiger partial charge in [0.15, 0.2) is 18.4 Å². The van der Waals surface area contributed by atoms with Crippen LogP contribution in [0.15, 0.2) is 48.0 Å². The number of aliphatic hydroxyl groups is 2. The minimum Gasteiger partial charge on any atom is -0.454 e. The standard InChI is InChI=1S/C41H55ClN4O7/c1-23-10-8-11-24(2)34(23)46-18-16-45(17-19-46)22-26(4)29-15-14-27(5)41(50)31(29)20-25(3)36(51-28(6)47)37(41)52-38(48)33-21-40(49)30-12-9-13-32(42)35(30)44(7)53-39(40)43-33/h8-13,20,26-27,29,31,33,36-37,39,43,49-50H,14-19,21-22H2,1-7H3/t26?,27-,29+,31-,33+,36-,37+,39-,40-,41-/m1/s1. The number of ether oxygens (including phenoxy) is 2. The Morgan fingerprint density at radius 3 is 2.38 bits per heavy atom. The summed E-state index contributed by atoms with van der Waals surface area (Å²) >= 11 is 6.49. The zero-order valence-electron chi connectivity index (χ0n) is 32.0. The molecule has 11 nitrogen and oxygen atoms in total. The first-order valence-electron chi connectivity index (χ1n) is 19.1. The van der Waals surface area contributed by atoms with Crippen LogP contribution < -0.4 is 15.3 Å². The minimum absolute atomic E-state index is 0.0365. The van der Waals surface area contributed by atoms with Gasteiger partial charge in [0, 0.05) is 70.3 Å². The Morgan fingerprint density at radius 1 is 1.02 bits per heavy atom. The summed E-state index contributed by atoms with van der Waals surface area (Å²) in [7, 11) is 1.70. The number of fused-ring (bicyclic) bond motifs is 4. The van der Waals surface area contributed by atoms with Crippen molar-refractivity contribution < 1.29 is 34.1 Å². The van der Waals surface area contributed by atoms with E-state index in [1.54, 1.807) is 25.2 Å². The first-order chi connectivity index (χ1) is 25.1. The van der Waals surface area contributed by atoms with Gasteiger partial charge in [-0.05, 0) is 74.1 Å². The van der Waals surface area contributed by atoms with Gasteiger partial charge in [0.1, 0.15) is 17.2 Å². The topological polar surface area (TPSA) is 124 Å². The van der Waals surface area contributed by atoms with E-state index in [1.807, 2.05) is 13.8 Å². The fraction of sp³-hybridized carbons (Fsp3) is 0.610. The number of nitrogens with zero attached hydrogens (tertiary/aromatic N) is 3. The summed E-state index contributed by atoms with van der Waals surface area (Å²) < 4.78 is 12.2. The molecule has 2 aromatic rings. The highest BCUT2D eigenvalue weighted by molar-refractivity contribution is 6.33. The summed E-state index contributed by atoms with van der Waals surface area (Å²) in [6.07, 6.45) is 0.646. The predicted molar refractivity (Wildman–Crippen MR) is 203 cm³/mol. The number of piperazine rings is 1. The summed E-state index contributed by atoms with van der Waals surface area (Å²) in [4.78, 5) is 37.7. The second-order valence-electron chi connectivity index (χ2n) is 16.3. The lowest BCUT2D eigenvalue weighted by molar-refractivity contribution is -0.225. The van der Waals surface area contributed by atoms with Crippen molar-refractivity contribution in [3.63, 3.8) is 0 Å². The maximum Gasteiger partial charge on any atom is 0.323 e. The molecule has 2 aliphatic carbocycles. The van der Waals surface area contributed by atoms with Crippen LogP contribution in [0.1, 0.15) is 63.6 Å². The largest absolute Gasteiger partial charge is 0.454 e. The summed E-state index contributed by atoms with van der Waals surface area (Å²) in [6, 6.07) is 10.8. The van der Waals surface area contributed by atoms with Crippen molar-refractivity contribution in [3.05, 3.63) is 69.8 Å². The van der Waals surface area contributed by atoms with Crippen LogP contribution in [0.4, 0.5) is 11.4 Å². The third-order valence-electron chi connectivity index (χ3n) is 12.9. The summed E-state index contributed by atoms with van der Waals surface area (Å²) in [6.45, 7) is 16.6. The molecule has 1 unspecified atom stereocenters. The van der Waals surface area contributed by atoms with Crippen molar-refractivity contribution in [2.45, 2.75) is 96.5 Å². The molecule has 3 aliphatic heterocycles. The van der Waals surface area contributed by atoms with Crippen molar-refractivity contribution in [2.75, 3.05) is 49.7 Å². The number of benzene rings is 2. The zero-order chi connectivity index (χ0) is 38.0. The van der Waals surface area contributed by atoms with Gasteiger partial charge >= 0.3 is 11.9 Å². The third-order valence-corrected chi connectivity index (χ3v) is 13.2. The number of anilines is 2. The van der Waals surface area contributed by atoms with E-state index in [0.717, 1.165) is 51.1 Å². The van der Waals surface area contributed by atoms with E-state index in [9.17, 15) is 19.8 Å². The summed E-state index contributed by atoms with van der Waals surface area (Å²) in [5, 5.41) is 29.9. The Kier molecular flexibility index (Phi) is 10.4. The van der Waals surface area contributed by atoms with Crippen LogP contribution >= 0.6 is 11.6 Å². The quantitative estimate of drug-likeness (QED) is 0.266. The number of hydrogen-bond donors (Lipinski definition) is 3. The normalized spacial score (nSPS) is 34.8. The molecule has 3 fully saturated rings. The van der Waals surface area contributed by atoms with E-state index in [4.69, 9.17) is 25.9 Å². The Bertz CT molecular complexity index is 1740. The van der Waals surface area contributed by atoms with Crippen molar-refractivity contribution in [1.29, 1.82) is 0 Å². The second-order valence-corrected chi connectivity index (χ2v) is 16.7. The average molecular weight is 751 g/mol. The maximum atomic E-state index is 14.2. The van der Waals surface area contributed by atoms with Gasteiger partial charge in [-0.3, -0.25) is 29.7 Å². The molecular weight excluding hydrogens is 696 g/mol. The van der Waals surface area contributed by atoms with Crippen LogP contribution in [-0.2, 0) is 29.5 Å². The lowest BCUT2D eigenvalue weighted by Gasteiger charge is -2.56. The van der Waals surface area contributed by atoms with Crippen molar-refractivity contribution in [2.24, 2.45) is 23.7 Å². The molecule has 12 heteroatoms. The molecule has 288 valence electrons. The number of carbonyl (C=O) groups excluding carboxylic acids is 2. The van der Waals surface area contributed by atoms with E-state index in [2.05, 4.69) is 60.2 Å². The maximum absolute atomic E-state index is 14.2. The number of aryl methyl sites for hydroxylation is 2. The molecule has 0 amide bonds. The molecule has 7 rings (SSSR count). The van der Waals surface area contributed by atoms with Crippen LogP contribution in [0.3, 0.4) is 0 Å². The lowest BCUT2D eigenvalue weighted by Crippen LogP contribution is -2.66. The van der Waals surface area contributed by atoms with E-state index in [1.165, 1.54) is 28.8 Å². The minimum atomic E-state index is -1.56. The molecule has 2 saturated heterocycles. The first kappa shape index (κ1) is 38.1. The number of carbonyl (C=O) groups is 2. The average Bonchev–Trinajstić information content (AvgIpc) is 3.45. The van der Waals surface area contributed by atoms with Gasteiger partial charge in [0.2, 0.25) is 0 Å². The number of esters is 2. The third kappa shape index (κ3) is 6.65. The number of nitrogens with one attached hydrogen (secondary N) is 1. The number of rotatable bonds is 7. The molecule has 10 atom stereocenters. The molecule has 0 aromatic heterocycles. The molecule has 0 radical (unpaired) electrons. The monoisotopic (exact) mass is 750 g/mol. The Morgan fingerprint density at radius 2 is 1.70 bits per heavy atom. The zero-order valence-corrected chi connectivity index (χ0v) is 32.7. The van der Waals surface area contributed by atoms with E-state index in [-0.39, 0.29) is 30.1 Å². The van der Waals surface area contributed by atoms with Gasteiger partial charge in [-0.2, -0.15) is 0 Å². The molecule has 0 spiro atoms. The molecular formula is C41H55ClN4O7. The first-order valence-corrected chi connectivity index (χ1v) is 19.5. The number of para-hydroxylation sites is 2. The number of hydrogen-bond acceptors (Lipinski definition) is 11. The highest BCUT2D eigenvalue weighted by atomic mass is 35.5. The van der Waals surface area contributed by atoms with Crippen molar-refractivity contribution in [3.8, 4) is 0 Å². The SMILES string of the molecule is CC(=O)O[C@@H]1C(C)=C[C@@H]2[C@H](C(C)CN3CCN(c4c(C)cccc4C)CC3)CC[C@@H](C)[C@]2(O)[C@H]1OC(=O)[C@@H]1C[C@@]2(O)c3cccc(Cl)c3N(C)O[C@H]2N1. The highest BCUT2D eigenvalue weighted by Crippen LogP contribution is 2.53. The Hall–Kier alpha value is -3.19. The highest BCUT2D eigenvalue weighted by Gasteiger charge is 2.62.